The second kappa shape index (κ2) is 6.56. The minimum atomic E-state index is -4.38. The second-order valence-corrected chi connectivity index (χ2v) is 3.60. The van der Waals surface area contributed by atoms with Gasteiger partial charge in [0.25, 0.3) is 0 Å². The van der Waals surface area contributed by atoms with Gasteiger partial charge in [-0.15, -0.1) is 0 Å². The summed E-state index contributed by atoms with van der Waals surface area (Å²) in [6, 6.07) is 3.65. The van der Waals surface area contributed by atoms with E-state index in [1.807, 2.05) is 12.1 Å². The van der Waals surface area contributed by atoms with Crippen molar-refractivity contribution in [2.24, 2.45) is 5.73 Å². The summed E-state index contributed by atoms with van der Waals surface area (Å²) in [5.74, 6) is 0. The lowest BCUT2D eigenvalue weighted by molar-refractivity contribution is -0.216. The molecule has 0 aliphatic rings. The van der Waals surface area contributed by atoms with E-state index in [9.17, 15) is 13.2 Å². The lowest BCUT2D eigenvalue weighted by atomic mass is 10.1. The first-order valence-electron chi connectivity index (χ1n) is 5.31. The van der Waals surface area contributed by atoms with Crippen molar-refractivity contribution >= 4 is 0 Å². The minimum absolute atomic E-state index is 0.0453. The highest BCUT2D eigenvalue weighted by atomic mass is 19.4. The van der Waals surface area contributed by atoms with E-state index in [1.54, 1.807) is 12.4 Å². The van der Waals surface area contributed by atoms with Crippen molar-refractivity contribution in [2.45, 2.75) is 25.1 Å². The molecule has 1 rings (SSSR count). The van der Waals surface area contributed by atoms with Crippen molar-refractivity contribution in [1.82, 2.24) is 4.98 Å². The molecule has 0 saturated heterocycles. The van der Waals surface area contributed by atoms with Crippen LogP contribution in [0.1, 0.15) is 12.0 Å². The van der Waals surface area contributed by atoms with Crippen LogP contribution in [0, 0.1) is 0 Å². The predicted octanol–water partition coefficient (Wildman–Crippen LogP) is 1.92. The van der Waals surface area contributed by atoms with Gasteiger partial charge < -0.3 is 10.5 Å². The Morgan fingerprint density at radius 1 is 1.29 bits per heavy atom. The second-order valence-electron chi connectivity index (χ2n) is 3.60. The normalized spacial score (nSPS) is 13.6. The molecule has 0 spiro atoms. The number of rotatable bonds is 6. The van der Waals surface area contributed by atoms with Crippen LogP contribution >= 0.6 is 0 Å². The smallest absolute Gasteiger partial charge is 0.367 e. The van der Waals surface area contributed by atoms with Crippen LogP contribution in [0.25, 0.3) is 0 Å². The SMILES string of the molecule is NCC(OCCCc1ccncc1)C(F)(F)F. The average Bonchev–Trinajstić information content (AvgIpc) is 2.28. The van der Waals surface area contributed by atoms with Gasteiger partial charge in [-0.25, -0.2) is 0 Å². The summed E-state index contributed by atoms with van der Waals surface area (Å²) < 4.78 is 41.5. The molecule has 0 aliphatic carbocycles. The molecule has 6 heteroatoms. The molecule has 0 aliphatic heterocycles. The summed E-state index contributed by atoms with van der Waals surface area (Å²) in [6.07, 6.45) is -1.76. The third kappa shape index (κ3) is 5.14. The van der Waals surface area contributed by atoms with Crippen LogP contribution in [0.15, 0.2) is 24.5 Å². The standard InChI is InChI=1S/C11H15F3N2O/c12-11(13,14)10(8-15)17-7-1-2-9-3-5-16-6-4-9/h3-6,10H,1-2,7-8,15H2. The summed E-state index contributed by atoms with van der Waals surface area (Å²) in [6.45, 7) is -0.498. The van der Waals surface area contributed by atoms with Crippen molar-refractivity contribution in [3.8, 4) is 0 Å². The van der Waals surface area contributed by atoms with Crippen LogP contribution in [0.2, 0.25) is 0 Å². The fourth-order valence-electron chi connectivity index (χ4n) is 1.35. The zero-order valence-corrected chi connectivity index (χ0v) is 9.28. The maximum atomic E-state index is 12.3. The van der Waals surface area contributed by atoms with E-state index >= 15 is 0 Å². The number of nitrogens with two attached hydrogens (primary N) is 1. The molecule has 1 unspecified atom stereocenters. The fourth-order valence-corrected chi connectivity index (χ4v) is 1.35. The number of aryl methyl sites for hydroxylation is 1. The first-order valence-corrected chi connectivity index (χ1v) is 5.31. The zero-order chi connectivity index (χ0) is 12.7. The summed E-state index contributed by atoms with van der Waals surface area (Å²) in [5.41, 5.74) is 6.03. The van der Waals surface area contributed by atoms with Crippen LogP contribution in [-0.2, 0) is 11.2 Å². The molecule has 0 fully saturated rings. The van der Waals surface area contributed by atoms with Crippen LogP contribution in [-0.4, -0.2) is 30.4 Å². The Kier molecular flexibility index (Phi) is 5.37. The van der Waals surface area contributed by atoms with Crippen LogP contribution in [0.5, 0.6) is 0 Å². The van der Waals surface area contributed by atoms with Gasteiger partial charge in [0.1, 0.15) is 0 Å². The molecule has 0 aromatic carbocycles. The van der Waals surface area contributed by atoms with Gasteiger partial charge in [0.05, 0.1) is 0 Å². The number of aromatic nitrogens is 1. The molecule has 0 bridgehead atoms. The molecule has 96 valence electrons. The quantitative estimate of drug-likeness (QED) is 0.782. The molecule has 1 aromatic rings. The molecular weight excluding hydrogens is 233 g/mol. The minimum Gasteiger partial charge on any atom is -0.367 e. The summed E-state index contributed by atoms with van der Waals surface area (Å²) >= 11 is 0. The maximum absolute atomic E-state index is 12.3. The fraction of sp³-hybridized carbons (Fsp3) is 0.545. The summed E-state index contributed by atoms with van der Waals surface area (Å²) in [7, 11) is 0. The molecule has 1 heterocycles. The predicted molar refractivity (Wildman–Crippen MR) is 57.4 cm³/mol. The average molecular weight is 248 g/mol. The van der Waals surface area contributed by atoms with Crippen molar-refractivity contribution in [3.05, 3.63) is 30.1 Å². The summed E-state index contributed by atoms with van der Waals surface area (Å²) in [4.78, 5) is 3.85. The Morgan fingerprint density at radius 2 is 1.94 bits per heavy atom. The highest BCUT2D eigenvalue weighted by molar-refractivity contribution is 5.09. The molecule has 1 atom stereocenters. The molecule has 2 N–H and O–H groups in total. The van der Waals surface area contributed by atoms with Gasteiger partial charge in [0.15, 0.2) is 6.10 Å². The number of pyridine rings is 1. The Balaban J connectivity index is 2.24. The highest BCUT2D eigenvalue weighted by Crippen LogP contribution is 2.22. The van der Waals surface area contributed by atoms with Crippen LogP contribution in [0.4, 0.5) is 13.2 Å². The van der Waals surface area contributed by atoms with Crippen LogP contribution < -0.4 is 5.73 Å². The third-order valence-electron chi connectivity index (χ3n) is 2.26. The van der Waals surface area contributed by atoms with E-state index in [4.69, 9.17) is 10.5 Å². The van der Waals surface area contributed by atoms with Gasteiger partial charge in [-0.2, -0.15) is 13.2 Å². The highest BCUT2D eigenvalue weighted by Gasteiger charge is 2.39. The van der Waals surface area contributed by atoms with E-state index in [0.29, 0.717) is 12.8 Å². The maximum Gasteiger partial charge on any atom is 0.415 e. The molecule has 0 amide bonds. The van der Waals surface area contributed by atoms with Gasteiger partial charge in [0, 0.05) is 25.5 Å². The first kappa shape index (κ1) is 13.9. The monoisotopic (exact) mass is 248 g/mol. The van der Waals surface area contributed by atoms with E-state index in [-0.39, 0.29) is 6.61 Å². The van der Waals surface area contributed by atoms with Crippen molar-refractivity contribution < 1.29 is 17.9 Å². The number of hydrogen-bond acceptors (Lipinski definition) is 3. The van der Waals surface area contributed by atoms with E-state index < -0.39 is 18.8 Å². The lowest BCUT2D eigenvalue weighted by Crippen LogP contribution is -2.38. The third-order valence-corrected chi connectivity index (χ3v) is 2.26. The number of halogens is 3. The molecule has 17 heavy (non-hydrogen) atoms. The van der Waals surface area contributed by atoms with E-state index in [2.05, 4.69) is 4.98 Å². The molecule has 1 aromatic heterocycles. The Hall–Kier alpha value is -1.14. The number of ether oxygens (including phenoxy) is 1. The Morgan fingerprint density at radius 3 is 2.47 bits per heavy atom. The molecular formula is C11H15F3N2O. The van der Waals surface area contributed by atoms with E-state index in [0.717, 1.165) is 5.56 Å². The largest absolute Gasteiger partial charge is 0.415 e. The number of alkyl halides is 3. The Bertz CT molecular complexity index is 316. The van der Waals surface area contributed by atoms with Crippen molar-refractivity contribution in [2.75, 3.05) is 13.2 Å². The molecule has 0 saturated carbocycles. The van der Waals surface area contributed by atoms with Gasteiger partial charge in [0.2, 0.25) is 0 Å². The van der Waals surface area contributed by atoms with Gasteiger partial charge in [-0.3, -0.25) is 4.98 Å². The van der Waals surface area contributed by atoms with Crippen molar-refractivity contribution in [3.63, 3.8) is 0 Å². The first-order chi connectivity index (χ1) is 8.04. The molecule has 3 nitrogen and oxygen atoms in total. The van der Waals surface area contributed by atoms with Crippen LogP contribution in [0.3, 0.4) is 0 Å². The van der Waals surface area contributed by atoms with Gasteiger partial charge in [-0.1, -0.05) is 0 Å². The molecule has 0 radical (unpaired) electrons. The van der Waals surface area contributed by atoms with E-state index in [1.165, 1.54) is 0 Å². The zero-order valence-electron chi connectivity index (χ0n) is 9.28. The Labute approximate surface area is 97.8 Å². The number of hydrogen-bond donors (Lipinski definition) is 1. The number of nitrogens with zero attached hydrogens (tertiary/aromatic N) is 1. The lowest BCUT2D eigenvalue weighted by Gasteiger charge is -2.18. The van der Waals surface area contributed by atoms with Gasteiger partial charge >= 0.3 is 6.18 Å². The topological polar surface area (TPSA) is 48.1 Å². The van der Waals surface area contributed by atoms with Crippen molar-refractivity contribution in [1.29, 1.82) is 0 Å². The van der Waals surface area contributed by atoms with Gasteiger partial charge in [-0.05, 0) is 30.5 Å². The summed E-state index contributed by atoms with van der Waals surface area (Å²) in [5, 5.41) is 0.